The van der Waals surface area contributed by atoms with Crippen molar-refractivity contribution in [2.24, 2.45) is 5.92 Å². The molecule has 0 saturated carbocycles. The first kappa shape index (κ1) is 19.1. The number of carbonyl (C=O) groups excluding carboxylic acids is 2. The molecular weight excluding hydrogens is 368 g/mol. The van der Waals surface area contributed by atoms with Crippen molar-refractivity contribution in [3.05, 3.63) is 48.5 Å². The van der Waals surface area contributed by atoms with Crippen LogP contribution in [0.25, 0.3) is 22.4 Å². The van der Waals surface area contributed by atoms with Crippen LogP contribution in [0.15, 0.2) is 48.5 Å². The number of nitrogens with one attached hydrogen (secondary N) is 2. The molecule has 7 heteroatoms. The fourth-order valence-electron chi connectivity index (χ4n) is 3.69. The van der Waals surface area contributed by atoms with Gasteiger partial charge in [-0.2, -0.15) is 0 Å². The number of fused-ring (bicyclic) bond motifs is 1. The van der Waals surface area contributed by atoms with Gasteiger partial charge in [0.05, 0.1) is 17.6 Å². The molecule has 1 aliphatic rings. The molecule has 4 rings (SSSR count). The molecule has 0 spiro atoms. The summed E-state index contributed by atoms with van der Waals surface area (Å²) in [5.74, 6) is 0.621. The first-order chi connectivity index (χ1) is 14.1. The van der Waals surface area contributed by atoms with Crippen LogP contribution in [-0.2, 0) is 9.59 Å². The number of aromatic amines is 1. The van der Waals surface area contributed by atoms with E-state index in [1.54, 1.807) is 4.90 Å². The van der Waals surface area contributed by atoms with Crippen LogP contribution < -0.4 is 5.32 Å². The fourth-order valence-corrected chi connectivity index (χ4v) is 3.69. The van der Waals surface area contributed by atoms with Gasteiger partial charge in [0.1, 0.15) is 5.82 Å². The summed E-state index contributed by atoms with van der Waals surface area (Å²) in [5, 5.41) is 11.9. The molecule has 0 radical (unpaired) electrons. The van der Waals surface area contributed by atoms with E-state index in [-0.39, 0.29) is 30.8 Å². The Morgan fingerprint density at radius 1 is 1.10 bits per heavy atom. The van der Waals surface area contributed by atoms with Crippen molar-refractivity contribution < 1.29 is 14.7 Å². The molecule has 2 heterocycles. The zero-order chi connectivity index (χ0) is 20.2. The number of aliphatic hydroxyl groups excluding tert-OH is 1. The number of amides is 2. The maximum Gasteiger partial charge on any atom is 0.227 e. The molecule has 1 aliphatic heterocycles. The number of anilines is 1. The summed E-state index contributed by atoms with van der Waals surface area (Å²) in [4.78, 5) is 34.0. The molecular formula is C22H24N4O3. The second-order valence-electron chi connectivity index (χ2n) is 7.30. The number of aliphatic hydroxyl groups is 1. The second-order valence-corrected chi connectivity index (χ2v) is 7.30. The lowest BCUT2D eigenvalue weighted by Gasteiger charge is -2.31. The van der Waals surface area contributed by atoms with Crippen molar-refractivity contribution in [3.63, 3.8) is 0 Å². The van der Waals surface area contributed by atoms with Gasteiger partial charge in [0.25, 0.3) is 0 Å². The van der Waals surface area contributed by atoms with Crippen molar-refractivity contribution in [2.75, 3.05) is 25.0 Å². The topological polar surface area (TPSA) is 98.3 Å². The Hall–Kier alpha value is -3.19. The number of carbonyl (C=O) groups is 2. The number of piperidine rings is 1. The highest BCUT2D eigenvalue weighted by atomic mass is 16.3. The Labute approximate surface area is 168 Å². The first-order valence-corrected chi connectivity index (χ1v) is 9.89. The number of para-hydroxylation sites is 2. The molecule has 1 fully saturated rings. The first-order valence-electron chi connectivity index (χ1n) is 9.89. The summed E-state index contributed by atoms with van der Waals surface area (Å²) >= 11 is 0. The average Bonchev–Trinajstić information content (AvgIpc) is 3.19. The summed E-state index contributed by atoms with van der Waals surface area (Å²) < 4.78 is 0. The predicted octanol–water partition coefficient (Wildman–Crippen LogP) is 2.79. The van der Waals surface area contributed by atoms with E-state index < -0.39 is 0 Å². The van der Waals surface area contributed by atoms with Crippen molar-refractivity contribution >= 4 is 28.5 Å². The minimum Gasteiger partial charge on any atom is -0.396 e. The molecule has 0 unspecified atom stereocenters. The third-order valence-corrected chi connectivity index (χ3v) is 5.36. The van der Waals surface area contributed by atoms with Crippen molar-refractivity contribution in [2.45, 2.75) is 19.3 Å². The van der Waals surface area contributed by atoms with Gasteiger partial charge >= 0.3 is 0 Å². The minimum atomic E-state index is -0.136. The second kappa shape index (κ2) is 8.45. The molecule has 150 valence electrons. The number of H-pyrrole nitrogens is 1. The standard InChI is InChI=1S/C22H24N4O3/c27-14-11-20(28)26-12-9-16(10-13-26)22(29)23-17-7-5-15(6-8-17)21-24-18-3-1-2-4-19(18)25-21/h1-8,16,27H,9-14H2,(H,23,29)(H,24,25). The molecule has 3 aromatic rings. The van der Waals surface area contributed by atoms with E-state index in [4.69, 9.17) is 5.11 Å². The van der Waals surface area contributed by atoms with Gasteiger partial charge in [0.2, 0.25) is 11.8 Å². The molecule has 1 saturated heterocycles. The summed E-state index contributed by atoms with van der Waals surface area (Å²) in [5.41, 5.74) is 3.61. The van der Waals surface area contributed by atoms with Crippen LogP contribution in [-0.4, -0.2) is 51.5 Å². The highest BCUT2D eigenvalue weighted by molar-refractivity contribution is 5.93. The van der Waals surface area contributed by atoms with E-state index in [1.165, 1.54) is 0 Å². The Bertz CT molecular complexity index is 971. The van der Waals surface area contributed by atoms with Crippen LogP contribution in [0.2, 0.25) is 0 Å². The number of aromatic nitrogens is 2. The van der Waals surface area contributed by atoms with Crippen molar-refractivity contribution in [3.8, 4) is 11.4 Å². The van der Waals surface area contributed by atoms with Crippen LogP contribution in [0.4, 0.5) is 5.69 Å². The maximum atomic E-state index is 12.6. The van der Waals surface area contributed by atoms with Crippen LogP contribution in [0.1, 0.15) is 19.3 Å². The maximum absolute atomic E-state index is 12.6. The summed E-state index contributed by atoms with van der Waals surface area (Å²) in [6.07, 6.45) is 1.43. The molecule has 2 amide bonds. The van der Waals surface area contributed by atoms with Gasteiger partial charge in [-0.25, -0.2) is 4.98 Å². The van der Waals surface area contributed by atoms with Gasteiger partial charge in [-0.1, -0.05) is 12.1 Å². The fraction of sp³-hybridized carbons (Fsp3) is 0.318. The lowest BCUT2D eigenvalue weighted by atomic mass is 9.95. The largest absolute Gasteiger partial charge is 0.396 e. The quantitative estimate of drug-likeness (QED) is 0.622. The monoisotopic (exact) mass is 392 g/mol. The third-order valence-electron chi connectivity index (χ3n) is 5.36. The predicted molar refractivity (Wildman–Crippen MR) is 111 cm³/mol. The van der Waals surface area contributed by atoms with E-state index in [1.807, 2.05) is 48.5 Å². The van der Waals surface area contributed by atoms with Crippen LogP contribution in [0.5, 0.6) is 0 Å². The molecule has 3 N–H and O–H groups in total. The highest BCUT2D eigenvalue weighted by Crippen LogP contribution is 2.24. The number of imidazole rings is 1. The van der Waals surface area contributed by atoms with E-state index in [0.717, 1.165) is 28.1 Å². The number of hydrogen-bond donors (Lipinski definition) is 3. The lowest BCUT2D eigenvalue weighted by molar-refractivity contribution is -0.135. The lowest BCUT2D eigenvalue weighted by Crippen LogP contribution is -2.41. The third kappa shape index (κ3) is 4.30. The van der Waals surface area contributed by atoms with Crippen molar-refractivity contribution in [1.29, 1.82) is 0 Å². The Kier molecular flexibility index (Phi) is 5.57. The number of benzene rings is 2. The summed E-state index contributed by atoms with van der Waals surface area (Å²) in [6.45, 7) is 0.979. The zero-order valence-corrected chi connectivity index (χ0v) is 16.1. The van der Waals surface area contributed by atoms with Gasteiger partial charge in [-0.3, -0.25) is 9.59 Å². The Morgan fingerprint density at radius 3 is 2.52 bits per heavy atom. The molecule has 29 heavy (non-hydrogen) atoms. The van der Waals surface area contributed by atoms with Gasteiger partial charge in [-0.05, 0) is 49.2 Å². The van der Waals surface area contributed by atoms with Gasteiger partial charge < -0.3 is 20.3 Å². The molecule has 7 nitrogen and oxygen atoms in total. The van der Waals surface area contributed by atoms with Gasteiger partial charge in [0.15, 0.2) is 0 Å². The number of hydrogen-bond acceptors (Lipinski definition) is 4. The SMILES string of the molecule is O=C(Nc1ccc(-c2nc3ccccc3[nH]2)cc1)C1CCN(C(=O)CCO)CC1. The minimum absolute atomic E-state index is 0.0178. The number of nitrogens with zero attached hydrogens (tertiary/aromatic N) is 2. The highest BCUT2D eigenvalue weighted by Gasteiger charge is 2.27. The number of rotatable bonds is 5. The normalized spacial score (nSPS) is 14.9. The van der Waals surface area contributed by atoms with E-state index in [0.29, 0.717) is 25.9 Å². The molecule has 0 atom stereocenters. The molecule has 0 bridgehead atoms. The van der Waals surface area contributed by atoms with E-state index >= 15 is 0 Å². The van der Waals surface area contributed by atoms with E-state index in [9.17, 15) is 9.59 Å². The summed E-state index contributed by atoms with van der Waals surface area (Å²) in [6, 6.07) is 15.5. The average molecular weight is 392 g/mol. The van der Waals surface area contributed by atoms with Crippen molar-refractivity contribution in [1.82, 2.24) is 14.9 Å². The molecule has 2 aromatic carbocycles. The number of likely N-dealkylation sites (tertiary alicyclic amines) is 1. The van der Waals surface area contributed by atoms with Crippen LogP contribution in [0, 0.1) is 5.92 Å². The molecule has 1 aromatic heterocycles. The van der Waals surface area contributed by atoms with E-state index in [2.05, 4.69) is 15.3 Å². The van der Waals surface area contributed by atoms with Gasteiger partial charge in [-0.15, -0.1) is 0 Å². The summed E-state index contributed by atoms with van der Waals surface area (Å²) in [7, 11) is 0. The van der Waals surface area contributed by atoms with Crippen LogP contribution >= 0.6 is 0 Å². The molecule has 0 aliphatic carbocycles. The Morgan fingerprint density at radius 2 is 1.83 bits per heavy atom. The van der Waals surface area contributed by atoms with Gasteiger partial charge in [0, 0.05) is 36.7 Å². The van der Waals surface area contributed by atoms with Crippen LogP contribution in [0.3, 0.4) is 0 Å². The Balaban J connectivity index is 1.35. The zero-order valence-electron chi connectivity index (χ0n) is 16.1. The smallest absolute Gasteiger partial charge is 0.227 e.